The number of hydrogen-bond acceptors (Lipinski definition) is 1. The maximum atomic E-state index is 12.1. The van der Waals surface area contributed by atoms with Crippen molar-refractivity contribution in [3.05, 3.63) is 29.3 Å². The lowest BCUT2D eigenvalue weighted by Crippen LogP contribution is -2.33. The Morgan fingerprint density at radius 1 is 1.38 bits per heavy atom. The van der Waals surface area contributed by atoms with Crippen LogP contribution in [0.2, 0.25) is 0 Å². The van der Waals surface area contributed by atoms with Crippen molar-refractivity contribution >= 4 is 27.5 Å². The predicted octanol–water partition coefficient (Wildman–Crippen LogP) is 2.88. The van der Waals surface area contributed by atoms with Crippen molar-refractivity contribution < 1.29 is 4.79 Å². The van der Waals surface area contributed by atoms with Gasteiger partial charge in [-0.3, -0.25) is 4.79 Å². The molecule has 0 fully saturated rings. The lowest BCUT2D eigenvalue weighted by Gasteiger charge is -2.16. The van der Waals surface area contributed by atoms with E-state index in [2.05, 4.69) is 34.1 Å². The summed E-state index contributed by atoms with van der Waals surface area (Å²) in [5, 5.41) is 0.954. The lowest BCUT2D eigenvalue weighted by molar-refractivity contribution is -0.121. The van der Waals surface area contributed by atoms with E-state index in [1.54, 1.807) is 4.90 Å². The number of carbonyl (C=O) groups is 1. The molecule has 0 saturated heterocycles. The number of halogens is 1. The van der Waals surface area contributed by atoms with E-state index in [1.165, 1.54) is 5.56 Å². The van der Waals surface area contributed by atoms with Gasteiger partial charge in [-0.15, -0.1) is 0 Å². The van der Waals surface area contributed by atoms with Crippen LogP contribution in [0.4, 0.5) is 5.69 Å². The molecule has 2 nitrogen and oxygen atoms in total. The van der Waals surface area contributed by atoms with Gasteiger partial charge in [-0.25, -0.2) is 0 Å². The van der Waals surface area contributed by atoms with E-state index in [0.717, 1.165) is 23.0 Å². The van der Waals surface area contributed by atoms with Gasteiger partial charge >= 0.3 is 0 Å². The third-order valence-electron chi connectivity index (χ3n) is 3.32. The molecule has 0 atom stereocenters. The van der Waals surface area contributed by atoms with Crippen molar-refractivity contribution in [1.82, 2.24) is 0 Å². The summed E-state index contributed by atoms with van der Waals surface area (Å²) in [4.78, 5) is 13.8. The second-order valence-corrected chi connectivity index (χ2v) is 5.57. The maximum absolute atomic E-state index is 12.1. The Bertz CT molecular complexity index is 440. The van der Waals surface area contributed by atoms with E-state index in [0.29, 0.717) is 0 Å². The molecular weight excluding hydrogens is 266 g/mol. The van der Waals surface area contributed by atoms with E-state index in [9.17, 15) is 4.79 Å². The summed E-state index contributed by atoms with van der Waals surface area (Å²) in [7, 11) is 1.85. The highest BCUT2D eigenvalue weighted by atomic mass is 79.9. The molecule has 1 heterocycles. The van der Waals surface area contributed by atoms with E-state index in [4.69, 9.17) is 0 Å². The monoisotopic (exact) mass is 281 g/mol. The number of anilines is 1. The first kappa shape index (κ1) is 11.6. The number of nitrogens with zero attached hydrogens (tertiary/aromatic N) is 1. The minimum atomic E-state index is -0.383. The number of hydrogen-bond donors (Lipinski definition) is 0. The number of carbonyl (C=O) groups excluding carboxylic acids is 1. The summed E-state index contributed by atoms with van der Waals surface area (Å²) >= 11 is 3.44. The predicted molar refractivity (Wildman–Crippen MR) is 70.4 cm³/mol. The van der Waals surface area contributed by atoms with Gasteiger partial charge in [0.25, 0.3) is 0 Å². The molecule has 0 aliphatic carbocycles. The summed E-state index contributed by atoms with van der Waals surface area (Å²) in [6, 6.07) is 6.32. The van der Waals surface area contributed by atoms with E-state index in [1.807, 2.05) is 20.9 Å². The fourth-order valence-corrected chi connectivity index (χ4v) is 2.74. The Morgan fingerprint density at radius 3 is 2.69 bits per heavy atom. The molecule has 2 rings (SSSR count). The zero-order chi connectivity index (χ0) is 11.9. The minimum Gasteiger partial charge on any atom is -0.314 e. The van der Waals surface area contributed by atoms with Crippen molar-refractivity contribution in [2.24, 2.45) is 0 Å². The molecule has 1 amide bonds. The van der Waals surface area contributed by atoms with Crippen molar-refractivity contribution in [3.63, 3.8) is 0 Å². The minimum absolute atomic E-state index is 0.179. The molecule has 1 aromatic rings. The molecule has 1 aromatic carbocycles. The van der Waals surface area contributed by atoms with Gasteiger partial charge < -0.3 is 4.90 Å². The van der Waals surface area contributed by atoms with Crippen LogP contribution in [0.3, 0.4) is 0 Å². The highest BCUT2D eigenvalue weighted by Gasteiger charge is 2.41. The van der Waals surface area contributed by atoms with Gasteiger partial charge in [-0.2, -0.15) is 0 Å². The molecule has 0 bridgehead atoms. The Labute approximate surface area is 105 Å². The topological polar surface area (TPSA) is 20.3 Å². The summed E-state index contributed by atoms with van der Waals surface area (Å²) in [6.07, 6.45) is 1.00. The van der Waals surface area contributed by atoms with Crippen molar-refractivity contribution in [2.75, 3.05) is 17.3 Å². The first-order chi connectivity index (χ1) is 7.48. The van der Waals surface area contributed by atoms with Crippen LogP contribution in [0.15, 0.2) is 18.2 Å². The van der Waals surface area contributed by atoms with Crippen molar-refractivity contribution in [3.8, 4) is 0 Å². The fourth-order valence-electron chi connectivity index (χ4n) is 2.28. The summed E-state index contributed by atoms with van der Waals surface area (Å²) in [6.45, 7) is 3.99. The smallest absolute Gasteiger partial charge is 0.236 e. The van der Waals surface area contributed by atoms with Gasteiger partial charge in [0.05, 0.1) is 5.41 Å². The van der Waals surface area contributed by atoms with Crippen LogP contribution in [0.25, 0.3) is 0 Å². The van der Waals surface area contributed by atoms with Crippen LogP contribution in [0, 0.1) is 0 Å². The molecule has 3 heteroatoms. The Morgan fingerprint density at radius 2 is 2.06 bits per heavy atom. The molecule has 0 N–H and O–H groups in total. The van der Waals surface area contributed by atoms with E-state index in [-0.39, 0.29) is 11.3 Å². The maximum Gasteiger partial charge on any atom is 0.236 e. The molecule has 0 aromatic heterocycles. The van der Waals surface area contributed by atoms with Crippen molar-refractivity contribution in [2.45, 2.75) is 25.7 Å². The summed E-state index contributed by atoms with van der Waals surface area (Å²) in [5.41, 5.74) is 3.10. The van der Waals surface area contributed by atoms with Crippen LogP contribution >= 0.6 is 15.9 Å². The van der Waals surface area contributed by atoms with E-state index >= 15 is 0 Å². The Hall–Kier alpha value is -0.830. The number of aryl methyl sites for hydroxylation is 1. The molecule has 0 radical (unpaired) electrons. The number of benzene rings is 1. The average molecular weight is 282 g/mol. The Balaban J connectivity index is 2.52. The second kappa shape index (κ2) is 3.88. The molecule has 0 saturated carbocycles. The highest BCUT2D eigenvalue weighted by Crippen LogP contribution is 2.41. The van der Waals surface area contributed by atoms with E-state index < -0.39 is 0 Å². The molecule has 1 aliphatic heterocycles. The fraction of sp³-hybridized carbons (Fsp3) is 0.462. The number of likely N-dealkylation sites (N-methyl/N-ethyl adjacent to an activating group) is 1. The van der Waals surface area contributed by atoms with Crippen molar-refractivity contribution in [1.29, 1.82) is 0 Å². The van der Waals surface area contributed by atoms with Gasteiger partial charge in [0.1, 0.15) is 0 Å². The highest BCUT2D eigenvalue weighted by molar-refractivity contribution is 9.09. The lowest BCUT2D eigenvalue weighted by atomic mass is 9.85. The standard InChI is InChI=1S/C13H16BrNO/c1-13(2)10-8-9(6-7-14)4-5-11(10)15(3)12(13)16/h4-5,8H,6-7H2,1-3H3. The SMILES string of the molecule is CN1C(=O)C(C)(C)c2cc(CCBr)ccc21. The zero-order valence-electron chi connectivity index (χ0n) is 9.88. The normalized spacial score (nSPS) is 17.8. The van der Waals surface area contributed by atoms with Crippen LogP contribution in [0.1, 0.15) is 25.0 Å². The largest absolute Gasteiger partial charge is 0.314 e. The van der Waals surface area contributed by atoms with Gasteiger partial charge in [0, 0.05) is 18.1 Å². The second-order valence-electron chi connectivity index (χ2n) is 4.78. The van der Waals surface area contributed by atoms with Crippen LogP contribution in [-0.4, -0.2) is 18.3 Å². The molecule has 1 aliphatic rings. The van der Waals surface area contributed by atoms with Crippen LogP contribution < -0.4 is 4.90 Å². The molecule has 86 valence electrons. The third-order valence-corrected chi connectivity index (χ3v) is 3.71. The average Bonchev–Trinajstić information content (AvgIpc) is 2.42. The zero-order valence-corrected chi connectivity index (χ0v) is 11.5. The van der Waals surface area contributed by atoms with Crippen LogP contribution in [0.5, 0.6) is 0 Å². The molecule has 0 unspecified atom stereocenters. The van der Waals surface area contributed by atoms with Gasteiger partial charge in [-0.1, -0.05) is 28.1 Å². The number of amides is 1. The Kier molecular flexibility index (Phi) is 2.82. The number of alkyl halides is 1. The first-order valence-electron chi connectivity index (χ1n) is 5.46. The molecular formula is C13H16BrNO. The molecule has 0 spiro atoms. The third kappa shape index (κ3) is 1.58. The van der Waals surface area contributed by atoms with Gasteiger partial charge in [0.2, 0.25) is 5.91 Å². The number of fused-ring (bicyclic) bond motifs is 1. The summed E-state index contributed by atoms with van der Waals surface area (Å²) in [5.74, 6) is 0.179. The van der Waals surface area contributed by atoms with Gasteiger partial charge in [-0.05, 0) is 37.5 Å². The van der Waals surface area contributed by atoms with Gasteiger partial charge in [0.15, 0.2) is 0 Å². The molecule has 16 heavy (non-hydrogen) atoms. The van der Waals surface area contributed by atoms with Crippen LogP contribution in [-0.2, 0) is 16.6 Å². The number of rotatable bonds is 2. The first-order valence-corrected chi connectivity index (χ1v) is 6.58. The quantitative estimate of drug-likeness (QED) is 0.764. The summed E-state index contributed by atoms with van der Waals surface area (Å²) < 4.78 is 0.